The highest BCUT2D eigenvalue weighted by Gasteiger charge is 2.17. The van der Waals surface area contributed by atoms with E-state index in [0.29, 0.717) is 18.3 Å². The number of imidazole rings is 1. The molecular weight excluding hydrogens is 330 g/mol. The van der Waals surface area contributed by atoms with E-state index in [0.717, 1.165) is 38.2 Å². The normalized spacial score (nSPS) is 17.4. The fraction of sp³-hybridized carbons (Fsp3) is 0.667. The van der Waals surface area contributed by atoms with Crippen LogP contribution in [0.4, 0.5) is 0 Å². The Hall–Kier alpha value is -2.22. The van der Waals surface area contributed by atoms with Crippen LogP contribution in [0.3, 0.4) is 0 Å². The van der Waals surface area contributed by atoms with Crippen molar-refractivity contribution in [1.82, 2.24) is 34.8 Å². The number of aromatic nitrogens is 5. The van der Waals surface area contributed by atoms with Gasteiger partial charge in [0.2, 0.25) is 0 Å². The zero-order valence-corrected chi connectivity index (χ0v) is 15.8. The largest absolute Gasteiger partial charge is 0.340 e. The molecule has 8 heteroatoms. The van der Waals surface area contributed by atoms with Crippen molar-refractivity contribution in [3.05, 3.63) is 30.1 Å². The monoisotopic (exact) mass is 359 g/mol. The van der Waals surface area contributed by atoms with Crippen molar-refractivity contribution in [2.45, 2.75) is 51.1 Å². The minimum absolute atomic E-state index is 0.0770. The van der Waals surface area contributed by atoms with Gasteiger partial charge in [0.25, 0.3) is 5.91 Å². The van der Waals surface area contributed by atoms with E-state index in [1.54, 1.807) is 22.0 Å². The number of aryl methyl sites for hydroxylation is 3. The summed E-state index contributed by atoms with van der Waals surface area (Å²) in [6.45, 7) is 2.57. The predicted octanol–water partition coefficient (Wildman–Crippen LogP) is 1.25. The van der Waals surface area contributed by atoms with Crippen LogP contribution in [0.1, 0.15) is 48.4 Å². The van der Waals surface area contributed by atoms with Crippen LogP contribution in [0.15, 0.2) is 18.6 Å². The van der Waals surface area contributed by atoms with Crippen LogP contribution >= 0.6 is 0 Å². The number of nitrogens with zero attached hydrogens (tertiary/aromatic N) is 6. The quantitative estimate of drug-likeness (QED) is 0.767. The first-order valence-corrected chi connectivity index (χ1v) is 9.48. The Morgan fingerprint density at radius 3 is 3.04 bits per heavy atom. The van der Waals surface area contributed by atoms with Crippen molar-refractivity contribution < 1.29 is 4.79 Å². The second kappa shape index (κ2) is 8.93. The fourth-order valence-corrected chi connectivity index (χ4v) is 3.37. The molecule has 2 aromatic heterocycles. The van der Waals surface area contributed by atoms with Crippen LogP contribution < -0.4 is 5.32 Å². The van der Waals surface area contributed by atoms with Gasteiger partial charge in [0.1, 0.15) is 5.82 Å². The van der Waals surface area contributed by atoms with Gasteiger partial charge in [0.15, 0.2) is 5.69 Å². The van der Waals surface area contributed by atoms with Gasteiger partial charge < -0.3 is 14.8 Å². The van der Waals surface area contributed by atoms with Crippen LogP contribution in [0.2, 0.25) is 0 Å². The number of amides is 1. The number of carbonyl (C=O) groups excluding carboxylic acids is 1. The number of rotatable bonds is 8. The molecule has 1 amide bonds. The number of piperidine rings is 1. The molecule has 0 spiro atoms. The molecule has 0 bridgehead atoms. The smallest absolute Gasteiger partial charge is 0.275 e. The van der Waals surface area contributed by atoms with Crippen molar-refractivity contribution in [2.75, 3.05) is 20.1 Å². The number of nitrogens with one attached hydrogen (secondary N) is 1. The summed E-state index contributed by atoms with van der Waals surface area (Å²) in [7, 11) is 3.80. The molecule has 0 saturated carbocycles. The Labute approximate surface area is 154 Å². The summed E-state index contributed by atoms with van der Waals surface area (Å²) in [6, 6.07) is 0.556. The predicted molar refractivity (Wildman–Crippen MR) is 98.8 cm³/mol. The lowest BCUT2D eigenvalue weighted by Crippen LogP contribution is -2.34. The summed E-state index contributed by atoms with van der Waals surface area (Å²) in [5, 5.41) is 11.7. The molecule has 8 nitrogen and oxygen atoms in total. The van der Waals surface area contributed by atoms with E-state index in [9.17, 15) is 4.79 Å². The molecule has 142 valence electrons. The van der Waals surface area contributed by atoms with E-state index < -0.39 is 0 Å². The molecule has 1 unspecified atom stereocenters. The first-order chi connectivity index (χ1) is 12.6. The molecule has 0 aliphatic carbocycles. The summed E-state index contributed by atoms with van der Waals surface area (Å²) in [6.07, 6.45) is 12.0. The van der Waals surface area contributed by atoms with Crippen LogP contribution in [-0.2, 0) is 20.0 Å². The van der Waals surface area contributed by atoms with E-state index in [2.05, 4.69) is 20.6 Å². The lowest BCUT2D eigenvalue weighted by molar-refractivity contribution is 0.0787. The summed E-state index contributed by atoms with van der Waals surface area (Å²) in [4.78, 5) is 18.5. The SMILES string of the molecule is CN(CCCc1nccn1C)C(=O)c1cn(CCC2CCCCN2)nn1. The summed E-state index contributed by atoms with van der Waals surface area (Å²) >= 11 is 0. The third-order valence-electron chi connectivity index (χ3n) is 5.04. The minimum atomic E-state index is -0.0770. The van der Waals surface area contributed by atoms with Gasteiger partial charge in [0, 0.05) is 52.0 Å². The number of hydrogen-bond donors (Lipinski definition) is 1. The number of carbonyl (C=O) groups is 1. The average molecular weight is 359 g/mol. The zero-order valence-electron chi connectivity index (χ0n) is 15.8. The molecule has 2 aromatic rings. The first kappa shape index (κ1) is 18.6. The first-order valence-electron chi connectivity index (χ1n) is 9.48. The molecule has 0 radical (unpaired) electrons. The molecule has 1 saturated heterocycles. The van der Waals surface area contributed by atoms with Crippen molar-refractivity contribution in [2.24, 2.45) is 7.05 Å². The third-order valence-corrected chi connectivity index (χ3v) is 5.04. The Balaban J connectivity index is 1.43. The van der Waals surface area contributed by atoms with Gasteiger partial charge in [-0.1, -0.05) is 11.6 Å². The highest BCUT2D eigenvalue weighted by Crippen LogP contribution is 2.11. The Kier molecular flexibility index (Phi) is 6.38. The molecule has 1 atom stereocenters. The van der Waals surface area contributed by atoms with Crippen molar-refractivity contribution >= 4 is 5.91 Å². The molecule has 0 aromatic carbocycles. The summed E-state index contributed by atoms with van der Waals surface area (Å²) in [5.74, 6) is 0.958. The van der Waals surface area contributed by atoms with Gasteiger partial charge in [0.05, 0.1) is 6.20 Å². The fourth-order valence-electron chi connectivity index (χ4n) is 3.37. The zero-order chi connectivity index (χ0) is 18.4. The van der Waals surface area contributed by atoms with Gasteiger partial charge in [-0.05, 0) is 32.2 Å². The van der Waals surface area contributed by atoms with Crippen LogP contribution in [0.25, 0.3) is 0 Å². The maximum atomic E-state index is 12.5. The molecule has 1 N–H and O–H groups in total. The van der Waals surface area contributed by atoms with Crippen LogP contribution in [0, 0.1) is 0 Å². The standard InChI is InChI=1S/C18H29N7O/c1-23-13-10-20-17(23)7-5-11-24(2)18(26)16-14-25(22-21-16)12-8-15-6-3-4-9-19-15/h10,13-15,19H,3-9,11-12H2,1-2H3. The van der Waals surface area contributed by atoms with Crippen molar-refractivity contribution in [1.29, 1.82) is 0 Å². The van der Waals surface area contributed by atoms with Gasteiger partial charge >= 0.3 is 0 Å². The number of hydrogen-bond acceptors (Lipinski definition) is 5. The van der Waals surface area contributed by atoms with Crippen LogP contribution in [0.5, 0.6) is 0 Å². The average Bonchev–Trinajstić information content (AvgIpc) is 3.29. The van der Waals surface area contributed by atoms with E-state index in [1.807, 2.05) is 24.9 Å². The molecule has 1 aliphatic heterocycles. The van der Waals surface area contributed by atoms with E-state index in [4.69, 9.17) is 0 Å². The molecular formula is C18H29N7O. The van der Waals surface area contributed by atoms with Gasteiger partial charge in [-0.25, -0.2) is 4.98 Å². The second-order valence-electron chi connectivity index (χ2n) is 7.09. The Morgan fingerprint density at radius 2 is 2.31 bits per heavy atom. The molecule has 1 fully saturated rings. The third kappa shape index (κ3) is 4.91. The van der Waals surface area contributed by atoms with Gasteiger partial charge in [-0.3, -0.25) is 9.48 Å². The summed E-state index contributed by atoms with van der Waals surface area (Å²) in [5.41, 5.74) is 0.418. The maximum absolute atomic E-state index is 12.5. The highest BCUT2D eigenvalue weighted by molar-refractivity contribution is 5.91. The minimum Gasteiger partial charge on any atom is -0.340 e. The van der Waals surface area contributed by atoms with Crippen LogP contribution in [-0.4, -0.2) is 61.5 Å². The Morgan fingerprint density at radius 1 is 1.42 bits per heavy atom. The van der Waals surface area contributed by atoms with E-state index in [-0.39, 0.29) is 5.91 Å². The molecule has 1 aliphatic rings. The maximum Gasteiger partial charge on any atom is 0.275 e. The van der Waals surface area contributed by atoms with E-state index >= 15 is 0 Å². The topological polar surface area (TPSA) is 80.9 Å². The van der Waals surface area contributed by atoms with Crippen molar-refractivity contribution in [3.63, 3.8) is 0 Å². The lowest BCUT2D eigenvalue weighted by Gasteiger charge is -2.23. The molecule has 26 heavy (non-hydrogen) atoms. The molecule has 3 rings (SSSR count). The summed E-state index contributed by atoms with van der Waals surface area (Å²) < 4.78 is 3.79. The highest BCUT2D eigenvalue weighted by atomic mass is 16.2. The van der Waals surface area contributed by atoms with Gasteiger partial charge in [-0.2, -0.15) is 0 Å². The second-order valence-corrected chi connectivity index (χ2v) is 7.09. The molecule has 3 heterocycles. The lowest BCUT2D eigenvalue weighted by atomic mass is 10.0. The Bertz CT molecular complexity index is 702. The van der Waals surface area contributed by atoms with E-state index in [1.165, 1.54) is 19.3 Å². The van der Waals surface area contributed by atoms with Crippen molar-refractivity contribution in [3.8, 4) is 0 Å². The van der Waals surface area contributed by atoms with Gasteiger partial charge in [-0.15, -0.1) is 5.10 Å².